The molecule has 1 aromatic rings. The zero-order valence-corrected chi connectivity index (χ0v) is 19.4. The fourth-order valence-corrected chi connectivity index (χ4v) is 4.53. The Hall–Kier alpha value is -2.90. The average Bonchev–Trinajstić information content (AvgIpc) is 3.28. The van der Waals surface area contributed by atoms with Crippen molar-refractivity contribution in [3.63, 3.8) is 0 Å². The lowest BCUT2D eigenvalue weighted by Gasteiger charge is -2.37. The van der Waals surface area contributed by atoms with Crippen LogP contribution in [0.4, 0.5) is 4.79 Å². The van der Waals surface area contributed by atoms with Gasteiger partial charge in [-0.3, -0.25) is 28.9 Å². The molecule has 0 spiro atoms. The molecule has 0 aliphatic carbocycles. The van der Waals surface area contributed by atoms with E-state index in [0.29, 0.717) is 35.2 Å². The number of ether oxygens (including phenoxy) is 1. The molecular weight excluding hydrogens is 478 g/mol. The van der Waals surface area contributed by atoms with Crippen LogP contribution >= 0.6 is 23.4 Å². The largest absolute Gasteiger partial charge is 0.480 e. The minimum Gasteiger partial charge on any atom is -0.480 e. The highest BCUT2D eigenvalue weighted by Crippen LogP contribution is 2.30. The van der Waals surface area contributed by atoms with Crippen molar-refractivity contribution in [3.8, 4) is 0 Å². The van der Waals surface area contributed by atoms with Crippen molar-refractivity contribution in [1.82, 2.24) is 25.1 Å². The number of aromatic nitrogens is 2. The van der Waals surface area contributed by atoms with Gasteiger partial charge >= 0.3 is 5.97 Å². The molecule has 0 radical (unpaired) electrons. The summed E-state index contributed by atoms with van der Waals surface area (Å²) in [4.78, 5) is 68.9. The number of aliphatic carboxylic acids is 1. The number of imidazole rings is 1. The van der Waals surface area contributed by atoms with Crippen LogP contribution in [0.3, 0.4) is 0 Å². The summed E-state index contributed by atoms with van der Waals surface area (Å²) >= 11 is 6.50. The van der Waals surface area contributed by atoms with E-state index < -0.39 is 47.6 Å². The van der Waals surface area contributed by atoms with Gasteiger partial charge in [-0.15, -0.1) is 0 Å². The number of halogens is 1. The predicted octanol–water partition coefficient (Wildman–Crippen LogP) is 0.635. The Labute approximate surface area is 197 Å². The minimum absolute atomic E-state index is 0.0855. The van der Waals surface area contributed by atoms with Gasteiger partial charge in [0.15, 0.2) is 11.0 Å². The highest BCUT2D eigenvalue weighted by atomic mass is 35.5. The van der Waals surface area contributed by atoms with Crippen molar-refractivity contribution in [2.24, 2.45) is 0 Å². The Morgan fingerprint density at radius 3 is 2.73 bits per heavy atom. The molecule has 0 bridgehead atoms. The molecule has 3 rings (SSSR count). The number of nitrogens with one attached hydrogen (secondary N) is 2. The number of piperidine rings is 1. The highest BCUT2D eigenvalue weighted by molar-refractivity contribution is 8.18. The topological polar surface area (TPSA) is 162 Å². The monoisotopic (exact) mass is 499 g/mol. The lowest BCUT2D eigenvalue weighted by molar-refractivity contribution is -0.140. The molecule has 3 N–H and O–H groups in total. The molecule has 3 heterocycles. The average molecular weight is 500 g/mol. The number of nitrogens with zero attached hydrogens (tertiary/aromatic N) is 3. The number of carbonyl (C=O) groups excluding carboxylic acids is 4. The molecule has 1 aromatic heterocycles. The second kappa shape index (κ2) is 10.4. The van der Waals surface area contributed by atoms with Gasteiger partial charge in [-0.05, 0) is 24.6 Å². The van der Waals surface area contributed by atoms with E-state index in [4.69, 9.17) is 21.4 Å². The number of imide groups is 1. The molecule has 2 aliphatic heterocycles. The smallest absolute Gasteiger partial charge is 0.323 e. The summed E-state index contributed by atoms with van der Waals surface area (Å²) in [6, 6.07) is -0.400. The molecule has 2 atom stereocenters. The Bertz CT molecular complexity index is 1030. The molecule has 0 aromatic carbocycles. The van der Waals surface area contributed by atoms with E-state index in [-0.39, 0.29) is 29.0 Å². The first-order valence-corrected chi connectivity index (χ1v) is 11.2. The molecule has 4 amide bonds. The number of hydrogen-bond acceptors (Lipinski definition) is 8. The van der Waals surface area contributed by atoms with Gasteiger partial charge in [0.05, 0.1) is 22.7 Å². The zero-order valence-electron chi connectivity index (χ0n) is 17.8. The van der Waals surface area contributed by atoms with Crippen LogP contribution in [0.15, 0.2) is 11.0 Å². The van der Waals surface area contributed by atoms with E-state index in [1.54, 1.807) is 0 Å². The predicted molar refractivity (Wildman–Crippen MR) is 117 cm³/mol. The van der Waals surface area contributed by atoms with Gasteiger partial charge in [0.25, 0.3) is 17.1 Å². The van der Waals surface area contributed by atoms with E-state index >= 15 is 0 Å². The number of carboxylic acid groups (broad SMARTS) is 1. The number of thioether (sulfide) groups is 1. The van der Waals surface area contributed by atoms with E-state index in [9.17, 15) is 24.0 Å². The van der Waals surface area contributed by atoms with Crippen molar-refractivity contribution < 1.29 is 33.8 Å². The van der Waals surface area contributed by atoms with Crippen molar-refractivity contribution in [2.75, 3.05) is 26.7 Å². The van der Waals surface area contributed by atoms with Crippen LogP contribution < -0.4 is 5.32 Å². The number of methoxy groups -OCH3 is 1. The minimum atomic E-state index is -1.33. The summed E-state index contributed by atoms with van der Waals surface area (Å²) in [5.41, 5.74) is 0.651. The van der Waals surface area contributed by atoms with Crippen LogP contribution in [0, 0.1) is 0 Å². The lowest BCUT2D eigenvalue weighted by atomic mass is 10.0. The first kappa shape index (κ1) is 24.7. The number of H-pyrrole nitrogens is 1. The zero-order chi connectivity index (χ0) is 24.3. The first-order chi connectivity index (χ1) is 15.6. The number of aryl methyl sites for hydroxylation is 1. The molecule has 0 unspecified atom stereocenters. The fourth-order valence-electron chi connectivity index (χ4n) is 3.46. The summed E-state index contributed by atoms with van der Waals surface area (Å²) in [6.45, 7) is 1.50. The van der Waals surface area contributed by atoms with Gasteiger partial charge < -0.3 is 25.0 Å². The van der Waals surface area contributed by atoms with Gasteiger partial charge in [-0.25, -0.2) is 4.98 Å². The molecule has 2 saturated heterocycles. The second-order valence-electron chi connectivity index (χ2n) is 7.30. The van der Waals surface area contributed by atoms with Gasteiger partial charge in [0, 0.05) is 26.3 Å². The number of likely N-dealkylation sites (tertiary alicyclic amines) is 1. The van der Waals surface area contributed by atoms with Crippen LogP contribution in [-0.4, -0.2) is 92.7 Å². The van der Waals surface area contributed by atoms with Crippen LogP contribution in [0.25, 0.3) is 0 Å². The molecule has 14 heteroatoms. The maximum atomic E-state index is 12.7. The summed E-state index contributed by atoms with van der Waals surface area (Å²) in [5, 5.41) is 11.1. The molecule has 12 nitrogen and oxygen atoms in total. The van der Waals surface area contributed by atoms with Crippen molar-refractivity contribution in [3.05, 3.63) is 27.7 Å². The van der Waals surface area contributed by atoms with Gasteiger partial charge in [-0.2, -0.15) is 0 Å². The number of carboxylic acids is 1. The lowest BCUT2D eigenvalue weighted by Crippen LogP contribution is -2.56. The fraction of sp³-hybridized carbons (Fsp3) is 0.474. The van der Waals surface area contributed by atoms with Gasteiger partial charge in [-0.1, -0.05) is 18.5 Å². The van der Waals surface area contributed by atoms with Crippen molar-refractivity contribution in [1.29, 1.82) is 0 Å². The maximum Gasteiger partial charge on any atom is 0.323 e. The number of rotatable bonds is 7. The third-order valence-electron chi connectivity index (χ3n) is 5.21. The first-order valence-electron chi connectivity index (χ1n) is 9.98. The Morgan fingerprint density at radius 2 is 2.12 bits per heavy atom. The van der Waals surface area contributed by atoms with E-state index in [2.05, 4.69) is 15.3 Å². The van der Waals surface area contributed by atoms with E-state index in [0.717, 1.165) is 6.08 Å². The van der Waals surface area contributed by atoms with E-state index in [1.807, 2.05) is 6.92 Å². The number of hydrogen-bond donors (Lipinski definition) is 3. The number of aromatic amines is 1. The van der Waals surface area contributed by atoms with Crippen LogP contribution in [0.2, 0.25) is 5.15 Å². The third-order valence-corrected chi connectivity index (χ3v) is 6.43. The van der Waals surface area contributed by atoms with Crippen LogP contribution in [-0.2, 0) is 25.5 Å². The molecule has 2 fully saturated rings. The van der Waals surface area contributed by atoms with Gasteiger partial charge in [0.1, 0.15) is 6.54 Å². The number of carbonyl (C=O) groups is 5. The molecule has 178 valence electrons. The van der Waals surface area contributed by atoms with Crippen LogP contribution in [0.5, 0.6) is 0 Å². The highest BCUT2D eigenvalue weighted by Gasteiger charge is 2.38. The normalized spacial score (nSPS) is 22.2. The van der Waals surface area contributed by atoms with E-state index in [1.165, 1.54) is 12.0 Å². The summed E-state index contributed by atoms with van der Waals surface area (Å²) < 4.78 is 5.45. The standard InChI is InChI=1S/C19H22ClN5O7S/c1-3-9-15(20)23-16(21-9)17(29)22-10-4-5-24(7-11(10)32-2)13(26)6-12-18(30)25(8-14(27)28)19(31)33-12/h6,10-11H,3-5,7-8H2,1-2H3,(H,21,23)(H,22,29)(H,27,28)/b12-6-/t10-,11+/m1/s1. The number of amides is 4. The summed E-state index contributed by atoms with van der Waals surface area (Å²) in [7, 11) is 1.45. The third kappa shape index (κ3) is 5.54. The summed E-state index contributed by atoms with van der Waals surface area (Å²) in [5.74, 6) is -3.04. The SMILES string of the molecule is CCc1[nH]c(C(=O)N[C@@H]2CCN(C(=O)/C=C3\SC(=O)N(CC(=O)O)C3=O)C[C@@H]2OC)nc1Cl. The maximum absolute atomic E-state index is 12.7. The Morgan fingerprint density at radius 1 is 1.39 bits per heavy atom. The molecule has 2 aliphatic rings. The Kier molecular flexibility index (Phi) is 7.76. The quantitative estimate of drug-likeness (QED) is 0.457. The molecular formula is C19H22ClN5O7S. The van der Waals surface area contributed by atoms with Gasteiger partial charge in [0.2, 0.25) is 5.91 Å². The van der Waals surface area contributed by atoms with Crippen molar-refractivity contribution >= 4 is 52.3 Å². The molecule has 33 heavy (non-hydrogen) atoms. The molecule has 0 saturated carbocycles. The van der Waals surface area contributed by atoms with Crippen molar-refractivity contribution in [2.45, 2.75) is 31.9 Å². The van der Waals surface area contributed by atoms with Crippen LogP contribution in [0.1, 0.15) is 29.7 Å². The Balaban J connectivity index is 1.63. The second-order valence-corrected chi connectivity index (χ2v) is 8.65. The summed E-state index contributed by atoms with van der Waals surface area (Å²) in [6.07, 6.45) is 1.46.